The molecule has 0 spiro atoms. The molecule has 4 heterocycles. The van der Waals surface area contributed by atoms with E-state index in [-0.39, 0.29) is 22.9 Å². The smallest absolute Gasteiger partial charge is 0.284 e. The monoisotopic (exact) mass is 497 g/mol. The topological polar surface area (TPSA) is 98.4 Å². The maximum atomic E-state index is 13.5. The van der Waals surface area contributed by atoms with E-state index in [1.165, 1.54) is 0 Å². The number of rotatable bonds is 4. The Morgan fingerprint density at radius 2 is 2.15 bits per heavy atom. The molecular weight excluding hydrogens is 474 g/mol. The number of nitrogens with one attached hydrogen (secondary N) is 1. The van der Waals surface area contributed by atoms with Crippen LogP contribution in [0.15, 0.2) is 34.1 Å². The fourth-order valence-electron chi connectivity index (χ4n) is 3.72. The SMILES string of the molecule is COc1cc2c(cc1-c1n[nH]c(=S)o1)-n1c(-c3cccs3)nc(C(=O)N(C)C(C)(C)C)c1CO2. The van der Waals surface area contributed by atoms with Crippen molar-refractivity contribution in [2.45, 2.75) is 32.9 Å². The summed E-state index contributed by atoms with van der Waals surface area (Å²) in [5.74, 6) is 1.91. The number of aromatic nitrogens is 4. The number of benzene rings is 1. The summed E-state index contributed by atoms with van der Waals surface area (Å²) in [7, 11) is 3.35. The zero-order chi connectivity index (χ0) is 24.2. The summed E-state index contributed by atoms with van der Waals surface area (Å²) in [5, 5.41) is 8.78. The predicted octanol–water partition coefficient (Wildman–Crippen LogP) is 5.08. The third kappa shape index (κ3) is 3.61. The Hall–Kier alpha value is -3.44. The second-order valence-corrected chi connectivity index (χ2v) is 10.1. The van der Waals surface area contributed by atoms with E-state index in [9.17, 15) is 4.79 Å². The highest BCUT2D eigenvalue weighted by Crippen LogP contribution is 2.43. The molecule has 0 atom stereocenters. The lowest BCUT2D eigenvalue weighted by atomic mass is 10.1. The first-order chi connectivity index (χ1) is 16.2. The van der Waals surface area contributed by atoms with Gasteiger partial charge in [0.1, 0.15) is 18.1 Å². The van der Waals surface area contributed by atoms with Crippen molar-refractivity contribution >= 4 is 29.5 Å². The molecule has 1 N–H and O–H groups in total. The summed E-state index contributed by atoms with van der Waals surface area (Å²) in [5.41, 5.74) is 1.97. The molecule has 4 aromatic rings. The molecule has 1 aliphatic rings. The van der Waals surface area contributed by atoms with E-state index < -0.39 is 0 Å². The van der Waals surface area contributed by atoms with E-state index in [2.05, 4.69) is 10.2 Å². The first kappa shape index (κ1) is 22.4. The van der Waals surface area contributed by atoms with E-state index in [1.807, 2.05) is 48.9 Å². The standard InChI is InChI=1S/C23H23N5O4S2/c1-23(2,3)27(4)21(29)18-14-11-31-16-10-15(30-5)12(20-25-26-22(33)32-20)9-13(16)28(14)19(24-18)17-7-6-8-34-17/h6-10H,11H2,1-5H3,(H,26,33). The van der Waals surface area contributed by atoms with Gasteiger partial charge in [0.25, 0.3) is 10.7 Å². The van der Waals surface area contributed by atoms with Crippen molar-refractivity contribution in [3.63, 3.8) is 0 Å². The van der Waals surface area contributed by atoms with Crippen LogP contribution in [0.4, 0.5) is 0 Å². The summed E-state index contributed by atoms with van der Waals surface area (Å²) in [6.07, 6.45) is 0. The maximum absolute atomic E-state index is 13.5. The third-order valence-electron chi connectivity index (χ3n) is 5.78. The van der Waals surface area contributed by atoms with Gasteiger partial charge in [-0.3, -0.25) is 9.36 Å². The van der Waals surface area contributed by atoms with E-state index in [1.54, 1.807) is 36.5 Å². The van der Waals surface area contributed by atoms with Crippen LogP contribution in [0, 0.1) is 4.84 Å². The van der Waals surface area contributed by atoms with Gasteiger partial charge in [-0.2, -0.15) is 0 Å². The third-order valence-corrected chi connectivity index (χ3v) is 6.82. The second-order valence-electron chi connectivity index (χ2n) is 8.81. The highest BCUT2D eigenvalue weighted by atomic mass is 32.1. The van der Waals surface area contributed by atoms with Crippen LogP contribution in [0.5, 0.6) is 11.5 Å². The Morgan fingerprint density at radius 3 is 2.76 bits per heavy atom. The average molecular weight is 498 g/mol. The van der Waals surface area contributed by atoms with Crippen LogP contribution in [0.3, 0.4) is 0 Å². The number of hydrogen-bond acceptors (Lipinski definition) is 8. The minimum absolute atomic E-state index is 0.159. The zero-order valence-electron chi connectivity index (χ0n) is 19.3. The number of carbonyl (C=O) groups excluding carboxylic acids is 1. The summed E-state index contributed by atoms with van der Waals surface area (Å²) in [6.45, 7) is 6.15. The van der Waals surface area contributed by atoms with Crippen LogP contribution in [0.2, 0.25) is 0 Å². The lowest BCUT2D eigenvalue weighted by molar-refractivity contribution is 0.0646. The molecule has 0 bridgehead atoms. The molecule has 176 valence electrons. The van der Waals surface area contributed by atoms with Gasteiger partial charge < -0.3 is 18.8 Å². The fraction of sp³-hybridized carbons (Fsp3) is 0.304. The molecule has 1 aliphatic heterocycles. The Balaban J connectivity index is 1.76. The molecule has 1 aromatic carbocycles. The normalized spacial score (nSPS) is 12.6. The number of hydrogen-bond donors (Lipinski definition) is 1. The number of aromatic amines is 1. The van der Waals surface area contributed by atoms with Crippen molar-refractivity contribution in [2.75, 3.05) is 14.2 Å². The second kappa shape index (κ2) is 8.10. The average Bonchev–Trinajstić information content (AvgIpc) is 3.55. The molecule has 0 aliphatic carbocycles. The van der Waals surface area contributed by atoms with Gasteiger partial charge in [0.05, 0.1) is 28.9 Å². The maximum Gasteiger partial charge on any atom is 0.284 e. The summed E-state index contributed by atoms with van der Waals surface area (Å²) >= 11 is 6.60. The Morgan fingerprint density at radius 1 is 1.35 bits per heavy atom. The number of H-pyrrole nitrogens is 1. The minimum atomic E-state index is -0.367. The number of thiophene rings is 1. The first-order valence-electron chi connectivity index (χ1n) is 10.5. The molecule has 11 heteroatoms. The van der Waals surface area contributed by atoms with Gasteiger partial charge in [-0.05, 0) is 50.5 Å². The number of nitrogens with zero attached hydrogens (tertiary/aromatic N) is 4. The van der Waals surface area contributed by atoms with Gasteiger partial charge in [-0.15, -0.1) is 16.4 Å². The van der Waals surface area contributed by atoms with Crippen molar-refractivity contribution < 1.29 is 18.7 Å². The van der Waals surface area contributed by atoms with Crippen LogP contribution >= 0.6 is 23.6 Å². The molecule has 0 unspecified atom stereocenters. The Kier molecular flexibility index (Phi) is 5.33. The quantitative estimate of drug-likeness (QED) is 0.392. The number of methoxy groups -OCH3 is 1. The molecule has 9 nitrogen and oxygen atoms in total. The number of imidazole rings is 1. The Labute approximate surface area is 205 Å². The van der Waals surface area contributed by atoms with Crippen LogP contribution in [-0.4, -0.2) is 50.3 Å². The van der Waals surface area contributed by atoms with Gasteiger partial charge in [0, 0.05) is 18.7 Å². The van der Waals surface area contributed by atoms with E-state index in [0.717, 1.165) is 4.88 Å². The molecule has 5 rings (SSSR count). The van der Waals surface area contributed by atoms with Crippen LogP contribution in [0.25, 0.3) is 27.8 Å². The lowest BCUT2D eigenvalue weighted by Gasteiger charge is -2.32. The fourth-order valence-corrected chi connectivity index (χ4v) is 4.55. The highest BCUT2D eigenvalue weighted by Gasteiger charge is 2.34. The van der Waals surface area contributed by atoms with Crippen LogP contribution in [-0.2, 0) is 6.61 Å². The van der Waals surface area contributed by atoms with Gasteiger partial charge in [0.15, 0.2) is 11.5 Å². The van der Waals surface area contributed by atoms with Gasteiger partial charge in [-0.25, -0.2) is 10.1 Å². The van der Waals surface area contributed by atoms with Crippen molar-refractivity contribution in [3.05, 3.63) is 45.9 Å². The van der Waals surface area contributed by atoms with Crippen molar-refractivity contribution in [2.24, 2.45) is 0 Å². The van der Waals surface area contributed by atoms with Crippen molar-refractivity contribution in [1.82, 2.24) is 24.6 Å². The lowest BCUT2D eigenvalue weighted by Crippen LogP contribution is -2.43. The number of ether oxygens (including phenoxy) is 2. The van der Waals surface area contributed by atoms with Crippen molar-refractivity contribution in [3.8, 4) is 39.3 Å². The van der Waals surface area contributed by atoms with Crippen LogP contribution in [0.1, 0.15) is 37.0 Å². The molecule has 0 saturated heterocycles. The van der Waals surface area contributed by atoms with E-state index in [0.29, 0.717) is 45.9 Å². The first-order valence-corrected chi connectivity index (χ1v) is 11.8. The van der Waals surface area contributed by atoms with E-state index in [4.69, 9.17) is 31.1 Å². The number of carbonyl (C=O) groups is 1. The Bertz CT molecular complexity index is 1440. The largest absolute Gasteiger partial charge is 0.496 e. The van der Waals surface area contributed by atoms with Gasteiger partial charge >= 0.3 is 0 Å². The number of amides is 1. The molecule has 0 saturated carbocycles. The summed E-state index contributed by atoms with van der Waals surface area (Å²) < 4.78 is 19.2. The molecular formula is C23H23N5O4S2. The predicted molar refractivity (Wildman–Crippen MR) is 130 cm³/mol. The zero-order valence-corrected chi connectivity index (χ0v) is 21.0. The highest BCUT2D eigenvalue weighted by molar-refractivity contribution is 7.71. The molecule has 1 amide bonds. The van der Waals surface area contributed by atoms with Gasteiger partial charge in [0.2, 0.25) is 5.89 Å². The summed E-state index contributed by atoms with van der Waals surface area (Å²) in [6, 6.07) is 7.57. The van der Waals surface area contributed by atoms with Crippen molar-refractivity contribution in [1.29, 1.82) is 0 Å². The molecule has 0 radical (unpaired) electrons. The summed E-state index contributed by atoms with van der Waals surface area (Å²) in [4.78, 5) is 21.1. The van der Waals surface area contributed by atoms with Crippen LogP contribution < -0.4 is 9.47 Å². The number of fused-ring (bicyclic) bond motifs is 3. The van der Waals surface area contributed by atoms with Gasteiger partial charge in [-0.1, -0.05) is 6.07 Å². The minimum Gasteiger partial charge on any atom is -0.496 e. The molecule has 0 fully saturated rings. The molecule has 3 aromatic heterocycles. The van der Waals surface area contributed by atoms with E-state index >= 15 is 0 Å². The molecule has 34 heavy (non-hydrogen) atoms.